The number of ether oxygens (including phenoxy) is 1. The Morgan fingerprint density at radius 1 is 1.10 bits per heavy atom. The third-order valence-electron chi connectivity index (χ3n) is 2.47. The van der Waals surface area contributed by atoms with Gasteiger partial charge in [0.25, 0.3) is 0 Å². The summed E-state index contributed by atoms with van der Waals surface area (Å²) in [5, 5.41) is 10.2. The second-order valence-corrected chi connectivity index (χ2v) is 7.55. The van der Waals surface area contributed by atoms with Crippen molar-refractivity contribution in [2.24, 2.45) is 0 Å². The van der Waals surface area contributed by atoms with Gasteiger partial charge in [0.1, 0.15) is 0 Å². The molecular weight excluding hydrogens is 601 g/mol. The third kappa shape index (κ3) is 6.41. The predicted molar refractivity (Wildman–Crippen MR) is 98.4 cm³/mol. The van der Waals surface area contributed by atoms with Crippen molar-refractivity contribution in [3.63, 3.8) is 0 Å². The molecule has 0 radical (unpaired) electrons. The second-order valence-electron chi connectivity index (χ2n) is 4.07. The van der Waals surface area contributed by atoms with E-state index in [0.717, 1.165) is 10.7 Å². The molecule has 0 aliphatic heterocycles. The van der Waals surface area contributed by atoms with Gasteiger partial charge in [-0.3, -0.25) is 0 Å². The first-order valence-electron chi connectivity index (χ1n) is 5.93. The summed E-state index contributed by atoms with van der Waals surface area (Å²) in [7, 11) is 0. The molecule has 0 spiro atoms. The molecule has 110 valence electrons. The highest BCUT2D eigenvalue weighted by Gasteiger charge is 2.14. The highest BCUT2D eigenvalue weighted by molar-refractivity contribution is 14.1. The van der Waals surface area contributed by atoms with Crippen molar-refractivity contribution in [2.75, 3.05) is 6.61 Å². The molecule has 0 fully saturated rings. The summed E-state index contributed by atoms with van der Waals surface area (Å²) in [6.45, 7) is 0.310. The summed E-state index contributed by atoms with van der Waals surface area (Å²) in [4.78, 5) is 22.2. The lowest BCUT2D eigenvalue weighted by molar-refractivity contribution is -0.305. The van der Waals surface area contributed by atoms with Gasteiger partial charge in [-0.2, -0.15) is 0 Å². The van der Waals surface area contributed by atoms with Crippen molar-refractivity contribution in [1.82, 2.24) is 0 Å². The maximum absolute atomic E-state index is 12.0. The Balaban J connectivity index is 2.42. The molecule has 0 saturated carbocycles. The van der Waals surface area contributed by atoms with Crippen LogP contribution >= 0.6 is 67.8 Å². The van der Waals surface area contributed by atoms with Crippen LogP contribution in [-0.2, 0) is 9.53 Å². The molecule has 0 N–H and O–H groups in total. The number of aliphatic carboxylic acids is 1. The molecule has 20 heavy (non-hydrogen) atoms. The number of benzene rings is 1. The average Bonchev–Trinajstić information content (AvgIpc) is 2.37. The standard InChI is InChI=1S/C13H13I3O4/c14-8-6-9(12(16)10(15)7-8)13(19)20-5-3-1-2-4-11(17)18/h6-7H,1-5H2,(H,17,18)/p-1. The van der Waals surface area contributed by atoms with Gasteiger partial charge < -0.3 is 14.6 Å². The Hall–Kier alpha value is 0.350. The zero-order valence-corrected chi connectivity index (χ0v) is 16.9. The van der Waals surface area contributed by atoms with Crippen LogP contribution in [-0.4, -0.2) is 18.5 Å². The number of carbonyl (C=O) groups is 2. The van der Waals surface area contributed by atoms with E-state index in [1.807, 2.05) is 12.1 Å². The number of hydrogen-bond acceptors (Lipinski definition) is 4. The number of hydrogen-bond donors (Lipinski definition) is 0. The normalized spacial score (nSPS) is 10.3. The maximum Gasteiger partial charge on any atom is 0.339 e. The van der Waals surface area contributed by atoms with E-state index in [4.69, 9.17) is 4.74 Å². The predicted octanol–water partition coefficient (Wildman–Crippen LogP) is 2.97. The van der Waals surface area contributed by atoms with Crippen molar-refractivity contribution in [2.45, 2.75) is 25.7 Å². The Kier molecular flexibility index (Phi) is 8.63. The number of halogens is 3. The topological polar surface area (TPSA) is 66.4 Å². The number of carbonyl (C=O) groups excluding carboxylic acids is 2. The van der Waals surface area contributed by atoms with Crippen LogP contribution in [0.1, 0.15) is 36.0 Å². The lowest BCUT2D eigenvalue weighted by atomic mass is 10.2. The first-order chi connectivity index (χ1) is 9.41. The minimum Gasteiger partial charge on any atom is -0.550 e. The van der Waals surface area contributed by atoms with E-state index in [9.17, 15) is 14.7 Å². The summed E-state index contributed by atoms with van der Waals surface area (Å²) < 4.78 is 8.12. The van der Waals surface area contributed by atoms with Gasteiger partial charge in [-0.25, -0.2) is 4.79 Å². The fourth-order valence-corrected chi connectivity index (χ4v) is 3.87. The van der Waals surface area contributed by atoms with Crippen LogP contribution in [0.3, 0.4) is 0 Å². The Bertz CT molecular complexity index is 503. The molecule has 0 bridgehead atoms. The molecule has 0 aliphatic rings. The number of carboxylic acid groups (broad SMARTS) is 1. The molecule has 0 aliphatic carbocycles. The van der Waals surface area contributed by atoms with E-state index in [1.165, 1.54) is 0 Å². The van der Waals surface area contributed by atoms with Crippen LogP contribution in [0.15, 0.2) is 12.1 Å². The highest BCUT2D eigenvalue weighted by Crippen LogP contribution is 2.23. The van der Waals surface area contributed by atoms with Crippen LogP contribution in [0.2, 0.25) is 0 Å². The van der Waals surface area contributed by atoms with Gasteiger partial charge in [-0.15, -0.1) is 0 Å². The molecule has 0 saturated heterocycles. The smallest absolute Gasteiger partial charge is 0.339 e. The van der Waals surface area contributed by atoms with E-state index < -0.39 is 5.97 Å². The van der Waals surface area contributed by atoms with Crippen LogP contribution in [0.25, 0.3) is 0 Å². The molecule has 4 nitrogen and oxygen atoms in total. The van der Waals surface area contributed by atoms with Crippen LogP contribution < -0.4 is 5.11 Å². The molecular formula is C13H12I3O4-. The average molecular weight is 613 g/mol. The van der Waals surface area contributed by atoms with Gasteiger partial charge in [0.15, 0.2) is 0 Å². The van der Waals surface area contributed by atoms with Crippen molar-refractivity contribution in [3.05, 3.63) is 28.4 Å². The summed E-state index contributed by atoms with van der Waals surface area (Å²) in [6.07, 6.45) is 1.98. The molecule has 0 amide bonds. The fourth-order valence-electron chi connectivity index (χ4n) is 1.50. The molecule has 0 aromatic heterocycles. The van der Waals surface area contributed by atoms with E-state index >= 15 is 0 Å². The first-order valence-corrected chi connectivity index (χ1v) is 9.17. The van der Waals surface area contributed by atoms with Crippen LogP contribution in [0, 0.1) is 10.7 Å². The number of unbranched alkanes of at least 4 members (excludes halogenated alkanes) is 2. The molecule has 0 unspecified atom stereocenters. The van der Waals surface area contributed by atoms with Crippen molar-refractivity contribution < 1.29 is 19.4 Å². The lowest BCUT2D eigenvalue weighted by Gasteiger charge is -2.08. The van der Waals surface area contributed by atoms with Crippen LogP contribution in [0.5, 0.6) is 0 Å². The third-order valence-corrected chi connectivity index (χ3v) is 6.14. The molecule has 0 heterocycles. The van der Waals surface area contributed by atoms with Gasteiger partial charge in [0.2, 0.25) is 0 Å². The van der Waals surface area contributed by atoms with Gasteiger partial charge in [0, 0.05) is 16.7 Å². The van der Waals surface area contributed by atoms with E-state index in [0.29, 0.717) is 31.4 Å². The zero-order chi connectivity index (χ0) is 15.1. The summed E-state index contributed by atoms with van der Waals surface area (Å²) in [5.41, 5.74) is 0.580. The molecule has 0 atom stereocenters. The summed E-state index contributed by atoms with van der Waals surface area (Å²) >= 11 is 6.49. The molecule has 1 aromatic carbocycles. The summed E-state index contributed by atoms with van der Waals surface area (Å²) in [5.74, 6) is -1.37. The van der Waals surface area contributed by atoms with Gasteiger partial charge >= 0.3 is 5.97 Å². The minimum atomic E-state index is -1.04. The monoisotopic (exact) mass is 613 g/mol. The lowest BCUT2D eigenvalue weighted by Crippen LogP contribution is -2.21. The van der Waals surface area contributed by atoms with Gasteiger partial charge in [-0.1, -0.05) is 0 Å². The number of esters is 1. The largest absolute Gasteiger partial charge is 0.550 e. The van der Waals surface area contributed by atoms with Gasteiger partial charge in [0.05, 0.1) is 12.2 Å². The van der Waals surface area contributed by atoms with E-state index in [1.54, 1.807) is 0 Å². The number of rotatable bonds is 7. The first kappa shape index (κ1) is 18.4. The quantitative estimate of drug-likeness (QED) is 0.206. The maximum atomic E-state index is 12.0. The molecule has 1 rings (SSSR count). The highest BCUT2D eigenvalue weighted by atomic mass is 127. The minimum absolute atomic E-state index is 0.0565. The SMILES string of the molecule is O=C([O-])CCCCCOC(=O)c1cc(I)cc(I)c1I. The van der Waals surface area contributed by atoms with Gasteiger partial charge in [-0.05, 0) is 106 Å². The van der Waals surface area contributed by atoms with Crippen molar-refractivity contribution in [3.8, 4) is 0 Å². The van der Waals surface area contributed by atoms with E-state index in [-0.39, 0.29) is 12.4 Å². The summed E-state index contributed by atoms with van der Waals surface area (Å²) in [6, 6.07) is 3.81. The van der Waals surface area contributed by atoms with Crippen molar-refractivity contribution in [1.29, 1.82) is 0 Å². The Morgan fingerprint density at radius 2 is 1.80 bits per heavy atom. The molecule has 1 aromatic rings. The van der Waals surface area contributed by atoms with E-state index in [2.05, 4.69) is 67.8 Å². The fraction of sp³-hybridized carbons (Fsp3) is 0.385. The van der Waals surface area contributed by atoms with Crippen molar-refractivity contribution >= 4 is 79.7 Å². The zero-order valence-electron chi connectivity index (χ0n) is 10.5. The van der Waals surface area contributed by atoms with Crippen LogP contribution in [0.4, 0.5) is 0 Å². The second kappa shape index (κ2) is 9.38. The Labute approximate surface area is 158 Å². The Morgan fingerprint density at radius 3 is 2.45 bits per heavy atom. The molecule has 7 heteroatoms. The number of carboxylic acids is 1.